The first-order valence-electron chi connectivity index (χ1n) is 5.82. The van der Waals surface area contributed by atoms with Gasteiger partial charge in [0, 0.05) is 12.5 Å². The summed E-state index contributed by atoms with van der Waals surface area (Å²) < 4.78 is 5.15. The summed E-state index contributed by atoms with van der Waals surface area (Å²) in [6.45, 7) is 5.13. The minimum Gasteiger partial charge on any atom is -0.339 e. The number of hydrogen-bond acceptors (Lipinski definition) is 4. The third-order valence-electron chi connectivity index (χ3n) is 2.81. The van der Waals surface area contributed by atoms with Crippen LogP contribution in [-0.4, -0.2) is 22.7 Å². The van der Waals surface area contributed by atoms with E-state index in [1.54, 1.807) is 0 Å². The highest BCUT2D eigenvalue weighted by Gasteiger charge is 2.31. The fraction of sp³-hybridized carbons (Fsp3) is 0.818. The lowest BCUT2D eigenvalue weighted by molar-refractivity contribution is 0.344. The van der Waals surface area contributed by atoms with Gasteiger partial charge in [0.2, 0.25) is 5.89 Å². The second-order valence-electron chi connectivity index (χ2n) is 4.34. The maximum Gasteiger partial charge on any atom is 0.228 e. The molecule has 1 N–H and O–H groups in total. The molecule has 4 heteroatoms. The van der Waals surface area contributed by atoms with Crippen LogP contribution in [0, 0.1) is 12.8 Å². The van der Waals surface area contributed by atoms with Crippen LogP contribution in [0.3, 0.4) is 0 Å². The normalized spacial score (nSPS) is 18.0. The minimum absolute atomic E-state index is 0.532. The Kier molecular flexibility index (Phi) is 3.36. The molecule has 15 heavy (non-hydrogen) atoms. The van der Waals surface area contributed by atoms with Crippen molar-refractivity contribution in [2.45, 2.75) is 45.6 Å². The number of rotatable bonds is 6. The van der Waals surface area contributed by atoms with Crippen molar-refractivity contribution in [3.05, 3.63) is 11.7 Å². The van der Waals surface area contributed by atoms with Gasteiger partial charge in [0.1, 0.15) is 0 Å². The molecule has 1 aromatic heterocycles. The van der Waals surface area contributed by atoms with E-state index in [0.717, 1.165) is 30.6 Å². The van der Waals surface area contributed by atoms with Crippen molar-refractivity contribution in [3.63, 3.8) is 0 Å². The number of nitrogens with zero attached hydrogens (tertiary/aromatic N) is 2. The SMILES string of the molecule is CCCNC(Cc1nc(C)no1)C1CC1. The molecule has 0 radical (unpaired) electrons. The summed E-state index contributed by atoms with van der Waals surface area (Å²) in [7, 11) is 0. The van der Waals surface area contributed by atoms with Gasteiger partial charge in [-0.3, -0.25) is 0 Å². The maximum atomic E-state index is 5.15. The van der Waals surface area contributed by atoms with Crippen LogP contribution < -0.4 is 5.32 Å². The van der Waals surface area contributed by atoms with Crippen LogP contribution in [0.25, 0.3) is 0 Å². The molecule has 0 spiro atoms. The standard InChI is InChI=1S/C11H19N3O/c1-3-6-12-10(9-4-5-9)7-11-13-8(2)14-15-11/h9-10,12H,3-7H2,1-2H3. The monoisotopic (exact) mass is 209 g/mol. The summed E-state index contributed by atoms with van der Waals surface area (Å²) >= 11 is 0. The van der Waals surface area contributed by atoms with E-state index in [4.69, 9.17) is 4.52 Å². The molecule has 0 aliphatic heterocycles. The summed E-state index contributed by atoms with van der Waals surface area (Å²) in [5.74, 6) is 2.33. The van der Waals surface area contributed by atoms with E-state index < -0.39 is 0 Å². The van der Waals surface area contributed by atoms with E-state index in [1.165, 1.54) is 19.3 Å². The third-order valence-corrected chi connectivity index (χ3v) is 2.81. The molecule has 0 amide bonds. The molecule has 1 fully saturated rings. The highest BCUT2D eigenvalue weighted by atomic mass is 16.5. The quantitative estimate of drug-likeness (QED) is 0.774. The number of nitrogens with one attached hydrogen (secondary N) is 1. The summed E-state index contributed by atoms with van der Waals surface area (Å²) in [6.07, 6.45) is 4.74. The van der Waals surface area contributed by atoms with Crippen LogP contribution in [0.1, 0.15) is 37.9 Å². The van der Waals surface area contributed by atoms with Crippen molar-refractivity contribution in [2.75, 3.05) is 6.54 Å². The third kappa shape index (κ3) is 3.02. The molecule has 1 aromatic rings. The molecule has 0 bridgehead atoms. The summed E-state index contributed by atoms with van der Waals surface area (Å²) in [5, 5.41) is 7.38. The molecule has 0 saturated heterocycles. The average molecular weight is 209 g/mol. The van der Waals surface area contributed by atoms with Gasteiger partial charge in [-0.05, 0) is 38.6 Å². The zero-order valence-electron chi connectivity index (χ0n) is 9.49. The Morgan fingerprint density at radius 3 is 2.87 bits per heavy atom. The van der Waals surface area contributed by atoms with Crippen LogP contribution in [0.5, 0.6) is 0 Å². The Bertz CT molecular complexity index is 307. The summed E-state index contributed by atoms with van der Waals surface area (Å²) in [5.41, 5.74) is 0. The lowest BCUT2D eigenvalue weighted by atomic mass is 10.1. The highest BCUT2D eigenvalue weighted by Crippen LogP contribution is 2.33. The molecule has 1 saturated carbocycles. The van der Waals surface area contributed by atoms with Crippen molar-refractivity contribution in [1.29, 1.82) is 0 Å². The minimum atomic E-state index is 0.532. The Labute approximate surface area is 90.4 Å². The van der Waals surface area contributed by atoms with E-state index in [0.29, 0.717) is 6.04 Å². The molecule has 1 aliphatic carbocycles. The van der Waals surface area contributed by atoms with E-state index in [1.807, 2.05) is 6.92 Å². The second kappa shape index (κ2) is 4.75. The van der Waals surface area contributed by atoms with Crippen LogP contribution in [-0.2, 0) is 6.42 Å². The van der Waals surface area contributed by atoms with Crippen LogP contribution in [0.15, 0.2) is 4.52 Å². The predicted octanol–water partition coefficient (Wildman–Crippen LogP) is 1.70. The first-order chi connectivity index (χ1) is 7.29. The van der Waals surface area contributed by atoms with E-state index >= 15 is 0 Å². The molecule has 4 nitrogen and oxygen atoms in total. The lowest BCUT2D eigenvalue weighted by Gasteiger charge is -2.15. The van der Waals surface area contributed by atoms with Crippen LogP contribution >= 0.6 is 0 Å². The molecular weight excluding hydrogens is 190 g/mol. The largest absolute Gasteiger partial charge is 0.339 e. The zero-order chi connectivity index (χ0) is 10.7. The highest BCUT2D eigenvalue weighted by molar-refractivity contribution is 4.94. The Hall–Kier alpha value is -0.900. The number of aryl methyl sites for hydroxylation is 1. The fourth-order valence-corrected chi connectivity index (χ4v) is 1.84. The van der Waals surface area contributed by atoms with Gasteiger partial charge in [-0.25, -0.2) is 0 Å². The van der Waals surface area contributed by atoms with Gasteiger partial charge in [-0.2, -0.15) is 4.98 Å². The molecule has 1 unspecified atom stereocenters. The zero-order valence-corrected chi connectivity index (χ0v) is 9.49. The van der Waals surface area contributed by atoms with Crippen molar-refractivity contribution >= 4 is 0 Å². The molecule has 0 aromatic carbocycles. The van der Waals surface area contributed by atoms with E-state index in [-0.39, 0.29) is 0 Å². The smallest absolute Gasteiger partial charge is 0.228 e. The van der Waals surface area contributed by atoms with Gasteiger partial charge < -0.3 is 9.84 Å². The number of aromatic nitrogens is 2. The van der Waals surface area contributed by atoms with Crippen LogP contribution in [0.2, 0.25) is 0 Å². The molecule has 1 heterocycles. The maximum absolute atomic E-state index is 5.15. The first-order valence-corrected chi connectivity index (χ1v) is 5.82. The van der Waals surface area contributed by atoms with Crippen molar-refractivity contribution < 1.29 is 4.52 Å². The lowest BCUT2D eigenvalue weighted by Crippen LogP contribution is -2.33. The summed E-state index contributed by atoms with van der Waals surface area (Å²) in [6, 6.07) is 0.532. The van der Waals surface area contributed by atoms with Gasteiger partial charge in [-0.1, -0.05) is 12.1 Å². The molecule has 1 aliphatic rings. The van der Waals surface area contributed by atoms with Gasteiger partial charge in [-0.15, -0.1) is 0 Å². The molecule has 84 valence electrons. The average Bonchev–Trinajstić information content (AvgIpc) is 2.98. The Morgan fingerprint density at radius 1 is 1.53 bits per heavy atom. The molecule has 1 atom stereocenters. The van der Waals surface area contributed by atoms with Gasteiger partial charge >= 0.3 is 0 Å². The fourth-order valence-electron chi connectivity index (χ4n) is 1.84. The van der Waals surface area contributed by atoms with Gasteiger partial charge in [0.05, 0.1) is 0 Å². The van der Waals surface area contributed by atoms with Gasteiger partial charge in [0.25, 0.3) is 0 Å². The van der Waals surface area contributed by atoms with Crippen molar-refractivity contribution in [3.8, 4) is 0 Å². The summed E-state index contributed by atoms with van der Waals surface area (Å²) in [4.78, 5) is 4.25. The Balaban J connectivity index is 1.88. The molecular formula is C11H19N3O. The topological polar surface area (TPSA) is 51.0 Å². The first kappa shape index (κ1) is 10.6. The van der Waals surface area contributed by atoms with Crippen molar-refractivity contribution in [2.24, 2.45) is 5.92 Å². The predicted molar refractivity (Wildman–Crippen MR) is 57.5 cm³/mol. The number of hydrogen-bond donors (Lipinski definition) is 1. The van der Waals surface area contributed by atoms with Crippen LogP contribution in [0.4, 0.5) is 0 Å². The molecule has 2 rings (SSSR count). The van der Waals surface area contributed by atoms with E-state index in [9.17, 15) is 0 Å². The second-order valence-corrected chi connectivity index (χ2v) is 4.34. The van der Waals surface area contributed by atoms with E-state index in [2.05, 4.69) is 22.4 Å². The Morgan fingerprint density at radius 2 is 2.33 bits per heavy atom. The van der Waals surface area contributed by atoms with Gasteiger partial charge in [0.15, 0.2) is 5.82 Å². The van der Waals surface area contributed by atoms with Crippen molar-refractivity contribution in [1.82, 2.24) is 15.5 Å².